The van der Waals surface area contributed by atoms with Crippen molar-refractivity contribution in [3.63, 3.8) is 0 Å². The van der Waals surface area contributed by atoms with Gasteiger partial charge in [0.1, 0.15) is 5.75 Å². The van der Waals surface area contributed by atoms with E-state index in [1.807, 2.05) is 0 Å². The summed E-state index contributed by atoms with van der Waals surface area (Å²) in [6, 6.07) is 3.46. The number of nitrogens with one attached hydrogen (secondary N) is 1. The molecule has 86 valence electrons. The van der Waals surface area contributed by atoms with Crippen LogP contribution in [0.25, 0.3) is 0 Å². The highest BCUT2D eigenvalue weighted by atomic mass is 79.9. The molecule has 0 saturated heterocycles. The third kappa shape index (κ3) is 3.23. The number of carbonyl (C=O) groups excluding carboxylic acids is 1. The average molecular weight is 287 g/mol. The molecule has 0 aromatic heterocycles. The number of phenols is 1. The van der Waals surface area contributed by atoms with Crippen molar-refractivity contribution in [2.45, 2.75) is 6.92 Å². The van der Waals surface area contributed by atoms with Gasteiger partial charge in [0.05, 0.1) is 13.3 Å². The summed E-state index contributed by atoms with van der Waals surface area (Å²) >= 11 is 3.30. The predicted octanol–water partition coefficient (Wildman–Crippen LogP) is 2.15. The lowest BCUT2D eigenvalue weighted by molar-refractivity contribution is 0.171. The molecule has 2 N–H and O–H groups in total. The van der Waals surface area contributed by atoms with Crippen molar-refractivity contribution in [1.82, 2.24) is 5.43 Å². The maximum atomic E-state index is 10.7. The Kier molecular flexibility index (Phi) is 4.30. The second-order valence-electron chi connectivity index (χ2n) is 3.02. The van der Waals surface area contributed by atoms with Crippen molar-refractivity contribution in [3.8, 4) is 5.75 Å². The number of aromatic hydroxyl groups is 1. The lowest BCUT2D eigenvalue weighted by Crippen LogP contribution is -2.16. The van der Waals surface area contributed by atoms with E-state index in [1.165, 1.54) is 13.3 Å². The van der Waals surface area contributed by atoms with Crippen molar-refractivity contribution in [1.29, 1.82) is 0 Å². The highest BCUT2D eigenvalue weighted by Gasteiger charge is 2.04. The first-order valence-corrected chi connectivity index (χ1v) is 5.20. The summed E-state index contributed by atoms with van der Waals surface area (Å²) in [6.45, 7) is 1.77. The molecule has 0 aliphatic carbocycles. The summed E-state index contributed by atoms with van der Waals surface area (Å²) in [5, 5.41) is 13.3. The number of carbonyl (C=O) groups is 1. The first kappa shape index (κ1) is 12.5. The molecular weight excluding hydrogens is 276 g/mol. The molecule has 5 nitrogen and oxygen atoms in total. The third-order valence-corrected chi connectivity index (χ3v) is 2.30. The van der Waals surface area contributed by atoms with Crippen LogP contribution in [0, 0.1) is 6.92 Å². The summed E-state index contributed by atoms with van der Waals surface area (Å²) in [6.07, 6.45) is 0.673. The van der Waals surface area contributed by atoms with Gasteiger partial charge in [-0.05, 0) is 24.6 Å². The van der Waals surface area contributed by atoms with Gasteiger partial charge >= 0.3 is 6.09 Å². The molecule has 0 radical (unpaired) electrons. The van der Waals surface area contributed by atoms with Gasteiger partial charge in [0.2, 0.25) is 0 Å². The topological polar surface area (TPSA) is 70.9 Å². The molecule has 6 heteroatoms. The van der Waals surface area contributed by atoms with Crippen molar-refractivity contribution in [2.75, 3.05) is 7.11 Å². The molecule has 0 fully saturated rings. The molecule has 0 atom stereocenters. The van der Waals surface area contributed by atoms with E-state index in [0.29, 0.717) is 11.1 Å². The van der Waals surface area contributed by atoms with Crippen molar-refractivity contribution in [2.24, 2.45) is 5.10 Å². The highest BCUT2D eigenvalue weighted by Crippen LogP contribution is 2.25. The zero-order valence-electron chi connectivity index (χ0n) is 8.82. The highest BCUT2D eigenvalue weighted by molar-refractivity contribution is 9.10. The number of hydrazone groups is 1. The van der Waals surface area contributed by atoms with Crippen LogP contribution in [0.5, 0.6) is 5.75 Å². The normalized spacial score (nSPS) is 10.4. The number of ether oxygens (including phenoxy) is 1. The van der Waals surface area contributed by atoms with E-state index in [2.05, 4.69) is 31.2 Å². The largest absolute Gasteiger partial charge is 0.507 e. The first-order chi connectivity index (χ1) is 7.54. The molecule has 1 amide bonds. The van der Waals surface area contributed by atoms with E-state index < -0.39 is 6.09 Å². The number of methoxy groups -OCH3 is 1. The minimum absolute atomic E-state index is 0.124. The number of amides is 1. The number of aryl methyl sites for hydroxylation is 1. The number of phenolic OH excluding ortho intramolecular Hbond substituents is 1. The van der Waals surface area contributed by atoms with Crippen LogP contribution in [0.3, 0.4) is 0 Å². The third-order valence-electron chi connectivity index (χ3n) is 1.84. The van der Waals surface area contributed by atoms with Crippen LogP contribution < -0.4 is 5.43 Å². The Bertz CT molecular complexity index is 432. The molecule has 0 saturated carbocycles. The maximum absolute atomic E-state index is 10.7. The zero-order valence-corrected chi connectivity index (χ0v) is 10.4. The second kappa shape index (κ2) is 5.50. The Morgan fingerprint density at radius 1 is 1.62 bits per heavy atom. The van der Waals surface area contributed by atoms with Crippen LogP contribution >= 0.6 is 15.9 Å². The zero-order chi connectivity index (χ0) is 12.1. The fourth-order valence-corrected chi connectivity index (χ4v) is 1.65. The SMILES string of the molecule is COC(=O)N/N=C\c1cc(Br)cc(C)c1O. The molecule has 0 aliphatic rings. The van der Waals surface area contributed by atoms with Gasteiger partial charge in [-0.15, -0.1) is 0 Å². The number of benzene rings is 1. The summed E-state index contributed by atoms with van der Waals surface area (Å²) < 4.78 is 5.15. The summed E-state index contributed by atoms with van der Waals surface area (Å²) in [5.74, 6) is 0.124. The van der Waals surface area contributed by atoms with Crippen LogP contribution in [-0.2, 0) is 4.74 Å². The van der Waals surface area contributed by atoms with Crippen LogP contribution in [0.2, 0.25) is 0 Å². The Morgan fingerprint density at radius 3 is 2.94 bits per heavy atom. The summed E-state index contributed by atoms with van der Waals surface area (Å²) in [5.41, 5.74) is 3.35. The molecule has 1 aromatic rings. The Morgan fingerprint density at radius 2 is 2.31 bits per heavy atom. The standard InChI is InChI=1S/C10H11BrN2O3/c1-6-3-8(11)4-7(9(6)14)5-12-13-10(15)16-2/h3-5,14H,1-2H3,(H,13,15)/b12-5-. The summed E-state index contributed by atoms with van der Waals surface area (Å²) in [4.78, 5) is 10.7. The molecule has 0 bridgehead atoms. The minimum atomic E-state index is -0.664. The van der Waals surface area contributed by atoms with E-state index in [9.17, 15) is 9.90 Å². The monoisotopic (exact) mass is 286 g/mol. The van der Waals surface area contributed by atoms with Gasteiger partial charge in [-0.2, -0.15) is 5.10 Å². The lowest BCUT2D eigenvalue weighted by atomic mass is 10.1. The number of hydrogen-bond donors (Lipinski definition) is 2. The van der Waals surface area contributed by atoms with E-state index in [1.54, 1.807) is 19.1 Å². The van der Waals surface area contributed by atoms with Crippen molar-refractivity contribution < 1.29 is 14.6 Å². The van der Waals surface area contributed by atoms with Gasteiger partial charge in [-0.25, -0.2) is 10.2 Å². The van der Waals surface area contributed by atoms with Gasteiger partial charge in [0.15, 0.2) is 0 Å². The molecule has 0 unspecified atom stereocenters. The maximum Gasteiger partial charge on any atom is 0.427 e. The molecule has 0 aliphatic heterocycles. The van der Waals surface area contributed by atoms with E-state index in [0.717, 1.165) is 4.47 Å². The van der Waals surface area contributed by atoms with Crippen LogP contribution in [-0.4, -0.2) is 24.5 Å². The smallest absolute Gasteiger partial charge is 0.427 e. The van der Waals surface area contributed by atoms with E-state index in [4.69, 9.17) is 0 Å². The molecule has 0 spiro atoms. The number of hydrogen-bond acceptors (Lipinski definition) is 4. The second-order valence-corrected chi connectivity index (χ2v) is 3.94. The fourth-order valence-electron chi connectivity index (χ4n) is 1.06. The van der Waals surface area contributed by atoms with Gasteiger partial charge in [-0.3, -0.25) is 0 Å². The van der Waals surface area contributed by atoms with Crippen LogP contribution in [0.15, 0.2) is 21.7 Å². The van der Waals surface area contributed by atoms with Gasteiger partial charge in [0, 0.05) is 10.0 Å². The van der Waals surface area contributed by atoms with Crippen LogP contribution in [0.1, 0.15) is 11.1 Å². The molecule has 16 heavy (non-hydrogen) atoms. The van der Waals surface area contributed by atoms with E-state index >= 15 is 0 Å². The Balaban J connectivity index is 2.85. The van der Waals surface area contributed by atoms with Gasteiger partial charge in [0.25, 0.3) is 0 Å². The molecule has 0 heterocycles. The van der Waals surface area contributed by atoms with Crippen molar-refractivity contribution >= 4 is 28.2 Å². The average Bonchev–Trinajstić information content (AvgIpc) is 2.24. The summed E-state index contributed by atoms with van der Waals surface area (Å²) in [7, 11) is 1.24. The number of halogens is 1. The van der Waals surface area contributed by atoms with Gasteiger partial charge < -0.3 is 9.84 Å². The van der Waals surface area contributed by atoms with Crippen molar-refractivity contribution in [3.05, 3.63) is 27.7 Å². The van der Waals surface area contributed by atoms with E-state index in [-0.39, 0.29) is 5.75 Å². The Labute approximate surface area is 101 Å². The minimum Gasteiger partial charge on any atom is -0.507 e. The predicted molar refractivity (Wildman–Crippen MR) is 63.7 cm³/mol. The Hall–Kier alpha value is -1.56. The number of rotatable bonds is 2. The lowest BCUT2D eigenvalue weighted by Gasteiger charge is -2.03. The first-order valence-electron chi connectivity index (χ1n) is 4.40. The fraction of sp³-hybridized carbons (Fsp3) is 0.200. The van der Waals surface area contributed by atoms with Crippen LogP contribution in [0.4, 0.5) is 4.79 Å². The molecular formula is C10H11BrN2O3. The van der Waals surface area contributed by atoms with Gasteiger partial charge in [-0.1, -0.05) is 15.9 Å². The molecule has 1 aromatic carbocycles. The number of nitrogens with zero attached hydrogens (tertiary/aromatic N) is 1. The molecule has 1 rings (SSSR count). The quantitative estimate of drug-likeness (QED) is 0.646.